The minimum Gasteiger partial charge on any atom is -0.376 e. The lowest BCUT2D eigenvalue weighted by molar-refractivity contribution is -0.113. The summed E-state index contributed by atoms with van der Waals surface area (Å²) in [5.41, 5.74) is 1.61. The number of amides is 1. The van der Waals surface area contributed by atoms with Crippen LogP contribution in [0.1, 0.15) is 36.9 Å². The van der Waals surface area contributed by atoms with Gasteiger partial charge < -0.3 is 10.1 Å². The lowest BCUT2D eigenvalue weighted by Crippen LogP contribution is -2.34. The Hall–Kier alpha value is -2.26. The van der Waals surface area contributed by atoms with Crippen LogP contribution >= 0.6 is 11.8 Å². The first kappa shape index (κ1) is 21.0. The predicted octanol–water partition coefficient (Wildman–Crippen LogP) is 3.31. The van der Waals surface area contributed by atoms with Gasteiger partial charge in [-0.25, -0.2) is 13.6 Å². The molecular formula is C21H23F2N3O3S. The molecule has 2 aromatic rings. The maximum atomic E-state index is 13.7. The van der Waals surface area contributed by atoms with Gasteiger partial charge in [0, 0.05) is 23.9 Å². The van der Waals surface area contributed by atoms with E-state index < -0.39 is 17.5 Å². The van der Waals surface area contributed by atoms with E-state index in [0.29, 0.717) is 17.6 Å². The standard InChI is InChI=1S/C21H23F2N3O3S/c22-13-7-8-17(16(23)10-13)24-19(27)12-30-20-15-5-1-2-6-18(15)26(21(28)25-20)11-14-4-3-9-29-14/h7-8,10,14H,1-6,9,11-12H2,(H,24,27)/t14-/m0/s1. The third-order valence-electron chi connectivity index (χ3n) is 5.41. The number of rotatable bonds is 6. The maximum Gasteiger partial charge on any atom is 0.348 e. The molecule has 0 spiro atoms. The Balaban J connectivity index is 1.49. The van der Waals surface area contributed by atoms with E-state index in [1.807, 2.05) is 0 Å². The highest BCUT2D eigenvalue weighted by Gasteiger charge is 2.24. The number of halogens is 2. The Morgan fingerprint density at radius 3 is 2.87 bits per heavy atom. The molecule has 1 fully saturated rings. The van der Waals surface area contributed by atoms with E-state index in [2.05, 4.69) is 10.3 Å². The molecule has 1 aromatic heterocycles. The van der Waals surface area contributed by atoms with E-state index in [0.717, 1.165) is 62.5 Å². The summed E-state index contributed by atoms with van der Waals surface area (Å²) in [5.74, 6) is -2.01. The van der Waals surface area contributed by atoms with E-state index in [9.17, 15) is 18.4 Å². The number of hydrogen-bond donors (Lipinski definition) is 1. The normalized spacial score (nSPS) is 18.3. The van der Waals surface area contributed by atoms with Crippen molar-refractivity contribution in [1.82, 2.24) is 9.55 Å². The first-order chi connectivity index (χ1) is 14.5. The van der Waals surface area contributed by atoms with Crippen LogP contribution in [0.4, 0.5) is 14.5 Å². The van der Waals surface area contributed by atoms with Crippen molar-refractivity contribution in [2.75, 3.05) is 17.7 Å². The van der Waals surface area contributed by atoms with Crippen molar-refractivity contribution in [1.29, 1.82) is 0 Å². The van der Waals surface area contributed by atoms with Crippen molar-refractivity contribution < 1.29 is 18.3 Å². The van der Waals surface area contributed by atoms with Crippen LogP contribution in [0.2, 0.25) is 0 Å². The average Bonchev–Trinajstić information content (AvgIpc) is 3.24. The number of hydrogen-bond acceptors (Lipinski definition) is 5. The number of ether oxygens (including phenoxy) is 1. The molecule has 2 aliphatic rings. The summed E-state index contributed by atoms with van der Waals surface area (Å²) in [6.45, 7) is 1.25. The van der Waals surface area contributed by atoms with Gasteiger partial charge in [-0.1, -0.05) is 11.8 Å². The monoisotopic (exact) mass is 435 g/mol. The Morgan fingerprint density at radius 1 is 1.27 bits per heavy atom. The Kier molecular flexibility index (Phi) is 6.48. The van der Waals surface area contributed by atoms with E-state index >= 15 is 0 Å². The van der Waals surface area contributed by atoms with Gasteiger partial charge in [0.05, 0.1) is 24.1 Å². The Morgan fingerprint density at radius 2 is 2.10 bits per heavy atom. The van der Waals surface area contributed by atoms with Crippen LogP contribution in [0.15, 0.2) is 28.0 Å². The molecule has 0 saturated carbocycles. The topological polar surface area (TPSA) is 73.2 Å². The van der Waals surface area contributed by atoms with Gasteiger partial charge in [-0.15, -0.1) is 0 Å². The molecule has 0 bridgehead atoms. The highest BCUT2D eigenvalue weighted by molar-refractivity contribution is 8.00. The summed E-state index contributed by atoms with van der Waals surface area (Å²) in [4.78, 5) is 29.2. The molecule has 1 N–H and O–H groups in total. The largest absolute Gasteiger partial charge is 0.376 e. The number of carbonyl (C=O) groups is 1. The van der Waals surface area contributed by atoms with Gasteiger partial charge in [-0.05, 0) is 50.7 Å². The second kappa shape index (κ2) is 9.26. The van der Waals surface area contributed by atoms with Crippen molar-refractivity contribution >= 4 is 23.4 Å². The third-order valence-corrected chi connectivity index (χ3v) is 6.42. The fourth-order valence-electron chi connectivity index (χ4n) is 3.96. The molecule has 0 radical (unpaired) electrons. The minimum absolute atomic E-state index is 0.0224. The first-order valence-electron chi connectivity index (χ1n) is 10.1. The van der Waals surface area contributed by atoms with Crippen LogP contribution < -0.4 is 11.0 Å². The van der Waals surface area contributed by atoms with Crippen molar-refractivity contribution in [3.8, 4) is 0 Å². The molecule has 0 unspecified atom stereocenters. The molecule has 1 atom stereocenters. The molecule has 4 rings (SSSR count). The van der Waals surface area contributed by atoms with Crippen molar-refractivity contribution in [2.24, 2.45) is 0 Å². The average molecular weight is 435 g/mol. The molecule has 1 aromatic carbocycles. The van der Waals surface area contributed by atoms with E-state index in [1.165, 1.54) is 17.8 Å². The lowest BCUT2D eigenvalue weighted by Gasteiger charge is -2.24. The molecule has 30 heavy (non-hydrogen) atoms. The molecule has 1 aliphatic carbocycles. The van der Waals surface area contributed by atoms with Crippen molar-refractivity contribution in [2.45, 2.75) is 56.2 Å². The van der Waals surface area contributed by atoms with Crippen LogP contribution in [0.5, 0.6) is 0 Å². The highest BCUT2D eigenvalue weighted by atomic mass is 32.2. The minimum atomic E-state index is -0.833. The summed E-state index contributed by atoms with van der Waals surface area (Å²) in [6.07, 6.45) is 5.63. The smallest absolute Gasteiger partial charge is 0.348 e. The molecule has 160 valence electrons. The Bertz CT molecular complexity index is 1010. The molecule has 2 heterocycles. The summed E-state index contributed by atoms with van der Waals surface area (Å²) in [5, 5.41) is 3.00. The zero-order valence-corrected chi connectivity index (χ0v) is 17.3. The van der Waals surface area contributed by atoms with Gasteiger partial charge in [0.25, 0.3) is 0 Å². The van der Waals surface area contributed by atoms with Gasteiger partial charge >= 0.3 is 5.69 Å². The van der Waals surface area contributed by atoms with Gasteiger partial charge in [-0.3, -0.25) is 9.36 Å². The second-order valence-corrected chi connectivity index (χ2v) is 8.50. The number of benzene rings is 1. The number of fused-ring (bicyclic) bond motifs is 1. The van der Waals surface area contributed by atoms with Gasteiger partial charge in [0.2, 0.25) is 5.91 Å². The van der Waals surface area contributed by atoms with Gasteiger partial charge in [-0.2, -0.15) is 4.98 Å². The van der Waals surface area contributed by atoms with Crippen LogP contribution in [-0.4, -0.2) is 33.9 Å². The SMILES string of the molecule is O=C(CSc1nc(=O)n(C[C@@H]2CCCO2)c2c1CCCC2)Nc1ccc(F)cc1F. The molecular weight excluding hydrogens is 412 g/mol. The maximum absolute atomic E-state index is 13.7. The number of nitrogens with one attached hydrogen (secondary N) is 1. The number of anilines is 1. The lowest BCUT2D eigenvalue weighted by atomic mass is 9.97. The van der Waals surface area contributed by atoms with E-state index in [-0.39, 0.29) is 23.2 Å². The third kappa shape index (κ3) is 4.73. The van der Waals surface area contributed by atoms with E-state index in [1.54, 1.807) is 4.57 Å². The summed E-state index contributed by atoms with van der Waals surface area (Å²) in [6, 6.07) is 2.98. The fourth-order valence-corrected chi connectivity index (χ4v) is 4.84. The van der Waals surface area contributed by atoms with Crippen molar-refractivity contribution in [3.05, 3.63) is 51.6 Å². The van der Waals surface area contributed by atoms with Gasteiger partial charge in [0.1, 0.15) is 16.7 Å². The van der Waals surface area contributed by atoms with Crippen molar-refractivity contribution in [3.63, 3.8) is 0 Å². The number of thioether (sulfide) groups is 1. The first-order valence-corrected chi connectivity index (χ1v) is 11.1. The predicted molar refractivity (Wildman–Crippen MR) is 110 cm³/mol. The zero-order valence-electron chi connectivity index (χ0n) is 16.5. The fraction of sp³-hybridized carbons (Fsp3) is 0.476. The number of carbonyl (C=O) groups excluding carboxylic acids is 1. The molecule has 9 heteroatoms. The summed E-state index contributed by atoms with van der Waals surface area (Å²) in [7, 11) is 0. The van der Waals surface area contributed by atoms with Crippen LogP contribution in [0.25, 0.3) is 0 Å². The quantitative estimate of drug-likeness (QED) is 0.557. The van der Waals surface area contributed by atoms with Crippen LogP contribution in [-0.2, 0) is 28.9 Å². The molecule has 1 saturated heterocycles. The number of aromatic nitrogens is 2. The van der Waals surface area contributed by atoms with E-state index in [4.69, 9.17) is 4.74 Å². The Labute approximate surface area is 177 Å². The molecule has 1 aliphatic heterocycles. The second-order valence-electron chi connectivity index (χ2n) is 7.54. The summed E-state index contributed by atoms with van der Waals surface area (Å²) >= 11 is 1.17. The van der Waals surface area contributed by atoms with Crippen LogP contribution in [0, 0.1) is 11.6 Å². The molecule has 1 amide bonds. The zero-order chi connectivity index (χ0) is 21.1. The van der Waals surface area contributed by atoms with Crippen LogP contribution in [0.3, 0.4) is 0 Å². The summed E-state index contributed by atoms with van der Waals surface area (Å²) < 4.78 is 34.2. The highest BCUT2D eigenvalue weighted by Crippen LogP contribution is 2.29. The molecule has 6 nitrogen and oxygen atoms in total. The van der Waals surface area contributed by atoms with Gasteiger partial charge in [0.15, 0.2) is 0 Å². The number of nitrogens with zero attached hydrogens (tertiary/aromatic N) is 2.